The summed E-state index contributed by atoms with van der Waals surface area (Å²) >= 11 is 6.33. The molecule has 0 saturated heterocycles. The van der Waals surface area contributed by atoms with Gasteiger partial charge in [-0.3, -0.25) is 0 Å². The van der Waals surface area contributed by atoms with Crippen molar-refractivity contribution in [2.45, 2.75) is 19.8 Å². The number of benzene rings is 2. The zero-order valence-electron chi connectivity index (χ0n) is 14.5. The van der Waals surface area contributed by atoms with Gasteiger partial charge in [0.05, 0.1) is 0 Å². The van der Waals surface area contributed by atoms with Gasteiger partial charge in [0.1, 0.15) is 0 Å². The van der Waals surface area contributed by atoms with Crippen LogP contribution in [0, 0.1) is 5.92 Å². The minimum Gasteiger partial charge on any atom is -0.350 e. The number of halogens is 1. The summed E-state index contributed by atoms with van der Waals surface area (Å²) in [6.07, 6.45) is 7.13. The van der Waals surface area contributed by atoms with E-state index in [1.165, 1.54) is 57.2 Å². The Morgan fingerprint density at radius 3 is 2.60 bits per heavy atom. The van der Waals surface area contributed by atoms with Gasteiger partial charge in [-0.25, -0.2) is 0 Å². The molecular formula is C23H20ClN. The summed E-state index contributed by atoms with van der Waals surface area (Å²) in [5.74, 6) is 0.686. The van der Waals surface area contributed by atoms with E-state index in [1.807, 2.05) is 6.07 Å². The van der Waals surface area contributed by atoms with Crippen LogP contribution in [0.15, 0.2) is 54.7 Å². The number of hydrogen-bond acceptors (Lipinski definition) is 0. The zero-order chi connectivity index (χ0) is 17.1. The first kappa shape index (κ1) is 15.0. The zero-order valence-corrected chi connectivity index (χ0v) is 15.3. The normalized spacial score (nSPS) is 18.4. The van der Waals surface area contributed by atoms with Crippen molar-refractivity contribution in [3.63, 3.8) is 0 Å². The third kappa shape index (κ3) is 2.15. The quantitative estimate of drug-likeness (QED) is 0.495. The number of allylic oxidation sites excluding steroid dienone is 4. The highest BCUT2D eigenvalue weighted by Crippen LogP contribution is 2.56. The number of nitrogens with zero attached hydrogens (tertiary/aromatic N) is 1. The molecule has 0 amide bonds. The number of para-hydroxylation sites is 1. The summed E-state index contributed by atoms with van der Waals surface area (Å²) < 4.78 is 2.24. The molecule has 3 aromatic rings. The van der Waals surface area contributed by atoms with E-state index < -0.39 is 0 Å². The van der Waals surface area contributed by atoms with Crippen LogP contribution in [0.5, 0.6) is 0 Å². The number of rotatable bonds is 2. The van der Waals surface area contributed by atoms with Gasteiger partial charge in [0, 0.05) is 34.7 Å². The molecule has 2 aromatic carbocycles. The molecule has 1 saturated carbocycles. The third-order valence-electron chi connectivity index (χ3n) is 5.54. The Labute approximate surface area is 153 Å². The van der Waals surface area contributed by atoms with Crippen molar-refractivity contribution in [3.8, 4) is 0 Å². The second-order valence-corrected chi connectivity index (χ2v) is 7.56. The standard InChI is InChI=1S/C23H20ClN/c1-3-16-19-12-15(24)10-11-18(19)22(14-8-9-14)23(16)20-13-25(2)21-7-5-4-6-17(20)21/h3-7,10-14H,8-9H2,1-2H3/b16-3+. The van der Waals surface area contributed by atoms with Crippen LogP contribution in [-0.2, 0) is 7.05 Å². The molecular weight excluding hydrogens is 326 g/mol. The lowest BCUT2D eigenvalue weighted by Crippen LogP contribution is -1.88. The van der Waals surface area contributed by atoms with E-state index in [1.54, 1.807) is 0 Å². The Morgan fingerprint density at radius 2 is 1.84 bits per heavy atom. The lowest BCUT2D eigenvalue weighted by atomic mass is 9.94. The maximum Gasteiger partial charge on any atom is 0.0484 e. The molecule has 0 aliphatic heterocycles. The lowest BCUT2D eigenvalue weighted by Gasteiger charge is -2.08. The van der Waals surface area contributed by atoms with Crippen LogP contribution in [0.1, 0.15) is 36.5 Å². The molecule has 124 valence electrons. The Bertz CT molecular complexity index is 1080. The van der Waals surface area contributed by atoms with Crippen LogP contribution in [0.4, 0.5) is 0 Å². The van der Waals surface area contributed by atoms with Crippen molar-refractivity contribution in [1.82, 2.24) is 4.57 Å². The molecule has 0 N–H and O–H groups in total. The van der Waals surface area contributed by atoms with Crippen LogP contribution in [0.25, 0.3) is 27.6 Å². The second-order valence-electron chi connectivity index (χ2n) is 7.13. The topological polar surface area (TPSA) is 4.93 Å². The molecule has 5 rings (SSSR count). The average molecular weight is 346 g/mol. The lowest BCUT2D eigenvalue weighted by molar-refractivity contribution is 0.967. The van der Waals surface area contributed by atoms with Gasteiger partial charge in [0.25, 0.3) is 0 Å². The van der Waals surface area contributed by atoms with E-state index in [0.29, 0.717) is 5.92 Å². The minimum atomic E-state index is 0.686. The van der Waals surface area contributed by atoms with Gasteiger partial charge >= 0.3 is 0 Å². The highest BCUT2D eigenvalue weighted by atomic mass is 35.5. The molecule has 1 fully saturated rings. The van der Waals surface area contributed by atoms with Gasteiger partial charge in [-0.15, -0.1) is 0 Å². The number of aromatic nitrogens is 1. The average Bonchev–Trinajstić information content (AvgIpc) is 3.34. The Balaban J connectivity index is 1.85. The molecule has 0 atom stereocenters. The van der Waals surface area contributed by atoms with Gasteiger partial charge in [0.15, 0.2) is 0 Å². The first-order chi connectivity index (χ1) is 12.2. The van der Waals surface area contributed by atoms with Gasteiger partial charge < -0.3 is 4.57 Å². The van der Waals surface area contributed by atoms with Gasteiger partial charge in [-0.05, 0) is 71.7 Å². The molecule has 0 radical (unpaired) electrons. The van der Waals surface area contributed by atoms with Crippen LogP contribution in [0.2, 0.25) is 5.02 Å². The first-order valence-corrected chi connectivity index (χ1v) is 9.32. The fourth-order valence-corrected chi connectivity index (χ4v) is 4.49. The molecule has 0 bridgehead atoms. The van der Waals surface area contributed by atoms with E-state index >= 15 is 0 Å². The highest BCUT2D eigenvalue weighted by molar-refractivity contribution is 6.32. The molecule has 0 unspecified atom stereocenters. The molecule has 1 heterocycles. The molecule has 2 aliphatic rings. The second kappa shape index (κ2) is 5.37. The molecule has 2 aliphatic carbocycles. The van der Waals surface area contributed by atoms with Crippen molar-refractivity contribution in [3.05, 3.63) is 76.5 Å². The van der Waals surface area contributed by atoms with E-state index in [2.05, 4.69) is 67.2 Å². The predicted octanol–water partition coefficient (Wildman–Crippen LogP) is 6.57. The summed E-state index contributed by atoms with van der Waals surface area (Å²) in [5, 5.41) is 2.14. The molecule has 1 aromatic heterocycles. The monoisotopic (exact) mass is 345 g/mol. The van der Waals surface area contributed by atoms with E-state index in [4.69, 9.17) is 11.6 Å². The number of fused-ring (bicyclic) bond motifs is 2. The van der Waals surface area contributed by atoms with Crippen LogP contribution in [0.3, 0.4) is 0 Å². The smallest absolute Gasteiger partial charge is 0.0484 e. The van der Waals surface area contributed by atoms with Gasteiger partial charge in [-0.2, -0.15) is 0 Å². The van der Waals surface area contributed by atoms with E-state index in [-0.39, 0.29) is 0 Å². The largest absolute Gasteiger partial charge is 0.350 e. The van der Waals surface area contributed by atoms with Crippen molar-refractivity contribution < 1.29 is 0 Å². The number of aryl methyl sites for hydroxylation is 1. The summed E-state index contributed by atoms with van der Waals surface area (Å²) in [5.41, 5.74) is 9.57. The Kier molecular flexibility index (Phi) is 3.23. The minimum absolute atomic E-state index is 0.686. The summed E-state index contributed by atoms with van der Waals surface area (Å²) in [4.78, 5) is 0. The molecule has 0 spiro atoms. The van der Waals surface area contributed by atoms with Crippen LogP contribution in [-0.4, -0.2) is 4.57 Å². The van der Waals surface area contributed by atoms with Gasteiger partial charge in [0.2, 0.25) is 0 Å². The maximum absolute atomic E-state index is 6.33. The summed E-state index contributed by atoms with van der Waals surface area (Å²) in [6.45, 7) is 2.14. The van der Waals surface area contributed by atoms with E-state index in [0.717, 1.165) is 5.02 Å². The number of hydrogen-bond donors (Lipinski definition) is 0. The fourth-order valence-electron chi connectivity index (χ4n) is 4.32. The van der Waals surface area contributed by atoms with Crippen LogP contribution < -0.4 is 0 Å². The predicted molar refractivity (Wildman–Crippen MR) is 108 cm³/mol. The fraction of sp³-hybridized carbons (Fsp3) is 0.217. The van der Waals surface area contributed by atoms with Crippen molar-refractivity contribution in [1.29, 1.82) is 0 Å². The first-order valence-electron chi connectivity index (χ1n) is 8.94. The molecule has 25 heavy (non-hydrogen) atoms. The van der Waals surface area contributed by atoms with Crippen molar-refractivity contribution in [2.75, 3.05) is 0 Å². The third-order valence-corrected chi connectivity index (χ3v) is 5.78. The van der Waals surface area contributed by atoms with E-state index in [9.17, 15) is 0 Å². The Morgan fingerprint density at radius 1 is 1.04 bits per heavy atom. The van der Waals surface area contributed by atoms with Gasteiger partial charge in [-0.1, -0.05) is 41.9 Å². The molecule has 2 heteroatoms. The summed E-state index contributed by atoms with van der Waals surface area (Å²) in [7, 11) is 2.14. The van der Waals surface area contributed by atoms with Crippen LogP contribution >= 0.6 is 11.6 Å². The SMILES string of the molecule is C/C=C1/C(c2cn(C)c3ccccc23)=C(C2CC2)c2ccc(Cl)cc21. The van der Waals surface area contributed by atoms with Crippen molar-refractivity contribution >= 4 is 39.2 Å². The maximum atomic E-state index is 6.33. The summed E-state index contributed by atoms with van der Waals surface area (Å²) in [6, 6.07) is 15.1. The van der Waals surface area contributed by atoms with Crippen molar-refractivity contribution in [2.24, 2.45) is 13.0 Å². The highest BCUT2D eigenvalue weighted by Gasteiger charge is 2.37. The molecule has 1 nitrogen and oxygen atoms in total. The Hall–Kier alpha value is -2.25.